The van der Waals surface area contributed by atoms with Crippen LogP contribution in [0.2, 0.25) is 0 Å². The van der Waals surface area contributed by atoms with E-state index in [4.69, 9.17) is 0 Å². The van der Waals surface area contributed by atoms with Crippen LogP contribution in [-0.2, 0) is 0 Å². The number of aryl methyl sites for hydroxylation is 2. The molecule has 0 aliphatic rings. The molecular weight excluding hydrogens is 291 g/mol. The van der Waals surface area contributed by atoms with Crippen LogP contribution >= 0.6 is 0 Å². The monoisotopic (exact) mass is 308 g/mol. The molecule has 1 aromatic heterocycles. The molecule has 0 saturated heterocycles. The molecule has 116 valence electrons. The Morgan fingerprint density at radius 3 is 1.74 bits per heavy atom. The lowest BCUT2D eigenvalue weighted by Gasteiger charge is -2.10. The van der Waals surface area contributed by atoms with E-state index in [1.807, 2.05) is 44.2 Å². The molecule has 3 aromatic rings. The average molecular weight is 308 g/mol. The first-order valence-corrected chi connectivity index (χ1v) is 7.30. The van der Waals surface area contributed by atoms with Gasteiger partial charge in [0, 0.05) is 17.4 Å². The Bertz CT molecular complexity index is 733. The van der Waals surface area contributed by atoms with Gasteiger partial charge in [-0.05, 0) is 50.2 Å². The number of hydrogen-bond acceptors (Lipinski definition) is 4. The minimum Gasteiger partial charge on any atom is -0.340 e. The summed E-state index contributed by atoms with van der Waals surface area (Å²) in [4.78, 5) is 8.74. The highest BCUT2D eigenvalue weighted by Gasteiger charge is 2.03. The van der Waals surface area contributed by atoms with Crippen molar-refractivity contribution in [3.8, 4) is 0 Å². The SMILES string of the molecule is Cc1ccc(Nc2cc(Nc3ccc(F)cc3)nc(C)n2)cc1. The zero-order valence-corrected chi connectivity index (χ0v) is 13.0. The molecule has 0 aliphatic carbocycles. The second-order valence-electron chi connectivity index (χ2n) is 5.31. The predicted octanol–water partition coefficient (Wildman–Crippen LogP) is 4.72. The van der Waals surface area contributed by atoms with Crippen molar-refractivity contribution in [3.63, 3.8) is 0 Å². The Morgan fingerprint density at radius 1 is 0.739 bits per heavy atom. The Morgan fingerprint density at radius 2 is 1.22 bits per heavy atom. The van der Waals surface area contributed by atoms with Crippen molar-refractivity contribution in [3.05, 3.63) is 71.8 Å². The molecule has 4 nitrogen and oxygen atoms in total. The molecule has 0 fully saturated rings. The summed E-state index contributed by atoms with van der Waals surface area (Å²) in [6.07, 6.45) is 0. The third-order valence-corrected chi connectivity index (χ3v) is 3.28. The van der Waals surface area contributed by atoms with E-state index in [2.05, 4.69) is 20.6 Å². The number of benzene rings is 2. The highest BCUT2D eigenvalue weighted by Crippen LogP contribution is 2.20. The molecule has 5 heteroatoms. The van der Waals surface area contributed by atoms with Crippen molar-refractivity contribution in [2.75, 3.05) is 10.6 Å². The van der Waals surface area contributed by atoms with Gasteiger partial charge >= 0.3 is 0 Å². The van der Waals surface area contributed by atoms with Crippen LogP contribution in [0.5, 0.6) is 0 Å². The van der Waals surface area contributed by atoms with E-state index in [0.717, 1.165) is 11.4 Å². The Kier molecular flexibility index (Phi) is 4.19. The van der Waals surface area contributed by atoms with Crippen LogP contribution in [-0.4, -0.2) is 9.97 Å². The first-order valence-electron chi connectivity index (χ1n) is 7.30. The standard InChI is InChI=1S/C18H17FN4/c1-12-3-7-15(8-4-12)22-17-11-18(21-13(2)20-17)23-16-9-5-14(19)6-10-16/h3-11H,1-2H3,(H2,20,21,22,23). The summed E-state index contributed by atoms with van der Waals surface area (Å²) in [5.41, 5.74) is 2.93. The molecule has 1 heterocycles. The first-order chi connectivity index (χ1) is 11.1. The summed E-state index contributed by atoms with van der Waals surface area (Å²) in [6, 6.07) is 16.0. The second-order valence-corrected chi connectivity index (χ2v) is 5.31. The van der Waals surface area contributed by atoms with Crippen LogP contribution in [0.15, 0.2) is 54.6 Å². The Hall–Kier alpha value is -2.95. The molecule has 23 heavy (non-hydrogen) atoms. The lowest BCUT2D eigenvalue weighted by atomic mass is 10.2. The van der Waals surface area contributed by atoms with Crippen molar-refractivity contribution in [1.29, 1.82) is 0 Å². The van der Waals surface area contributed by atoms with Gasteiger partial charge in [-0.2, -0.15) is 0 Å². The van der Waals surface area contributed by atoms with Gasteiger partial charge in [0.25, 0.3) is 0 Å². The molecule has 3 rings (SSSR count). The summed E-state index contributed by atoms with van der Waals surface area (Å²) in [5, 5.41) is 6.41. The molecular formula is C18H17FN4. The van der Waals surface area contributed by atoms with Crippen LogP contribution in [0.4, 0.5) is 27.4 Å². The number of anilines is 4. The molecule has 0 unspecified atom stereocenters. The zero-order chi connectivity index (χ0) is 16.2. The predicted molar refractivity (Wildman–Crippen MR) is 90.9 cm³/mol. The van der Waals surface area contributed by atoms with Gasteiger partial charge in [0.1, 0.15) is 23.3 Å². The summed E-state index contributed by atoms with van der Waals surface area (Å²) < 4.78 is 13.0. The Balaban J connectivity index is 1.81. The van der Waals surface area contributed by atoms with E-state index in [-0.39, 0.29) is 5.82 Å². The molecule has 0 atom stereocenters. The van der Waals surface area contributed by atoms with E-state index in [1.165, 1.54) is 17.7 Å². The van der Waals surface area contributed by atoms with E-state index >= 15 is 0 Å². The molecule has 0 spiro atoms. The lowest BCUT2D eigenvalue weighted by molar-refractivity contribution is 0.628. The second kappa shape index (κ2) is 6.44. The summed E-state index contributed by atoms with van der Waals surface area (Å²) in [6.45, 7) is 3.87. The van der Waals surface area contributed by atoms with Crippen molar-refractivity contribution >= 4 is 23.0 Å². The molecule has 0 bridgehead atoms. The first kappa shape index (κ1) is 15.0. The quantitative estimate of drug-likeness (QED) is 0.732. The molecule has 0 radical (unpaired) electrons. The van der Waals surface area contributed by atoms with Crippen molar-refractivity contribution < 1.29 is 4.39 Å². The summed E-state index contributed by atoms with van der Waals surface area (Å²) in [7, 11) is 0. The van der Waals surface area contributed by atoms with Crippen LogP contribution in [0.1, 0.15) is 11.4 Å². The largest absolute Gasteiger partial charge is 0.340 e. The van der Waals surface area contributed by atoms with Crippen LogP contribution < -0.4 is 10.6 Å². The Labute approximate surface area is 134 Å². The van der Waals surface area contributed by atoms with Crippen molar-refractivity contribution in [1.82, 2.24) is 9.97 Å². The number of aromatic nitrogens is 2. The van der Waals surface area contributed by atoms with Gasteiger partial charge in [0.2, 0.25) is 0 Å². The number of hydrogen-bond donors (Lipinski definition) is 2. The van der Waals surface area contributed by atoms with Crippen LogP contribution in [0.25, 0.3) is 0 Å². The molecule has 0 aliphatic heterocycles. The van der Waals surface area contributed by atoms with Crippen LogP contribution in [0, 0.1) is 19.7 Å². The molecule has 2 aromatic carbocycles. The molecule has 0 saturated carbocycles. The van der Waals surface area contributed by atoms with E-state index in [0.29, 0.717) is 17.5 Å². The number of rotatable bonds is 4. The van der Waals surface area contributed by atoms with Crippen LogP contribution in [0.3, 0.4) is 0 Å². The lowest BCUT2D eigenvalue weighted by Crippen LogP contribution is -2.01. The maximum Gasteiger partial charge on any atom is 0.136 e. The maximum atomic E-state index is 13.0. The van der Waals surface area contributed by atoms with Gasteiger partial charge in [-0.3, -0.25) is 0 Å². The van der Waals surface area contributed by atoms with Gasteiger partial charge in [-0.25, -0.2) is 14.4 Å². The summed E-state index contributed by atoms with van der Waals surface area (Å²) >= 11 is 0. The van der Waals surface area contributed by atoms with Gasteiger partial charge in [0.05, 0.1) is 0 Å². The fourth-order valence-electron chi connectivity index (χ4n) is 2.16. The molecule has 0 amide bonds. The highest BCUT2D eigenvalue weighted by atomic mass is 19.1. The average Bonchev–Trinajstić information content (AvgIpc) is 2.51. The fourth-order valence-corrected chi connectivity index (χ4v) is 2.16. The summed E-state index contributed by atoms with van der Waals surface area (Å²) in [5.74, 6) is 1.73. The third kappa shape index (κ3) is 4.03. The smallest absolute Gasteiger partial charge is 0.136 e. The van der Waals surface area contributed by atoms with Crippen molar-refractivity contribution in [2.24, 2.45) is 0 Å². The minimum absolute atomic E-state index is 0.267. The molecule has 2 N–H and O–H groups in total. The van der Waals surface area contributed by atoms with E-state index in [1.54, 1.807) is 12.1 Å². The normalized spacial score (nSPS) is 10.4. The van der Waals surface area contributed by atoms with Gasteiger partial charge in [-0.1, -0.05) is 17.7 Å². The number of nitrogens with one attached hydrogen (secondary N) is 2. The fraction of sp³-hybridized carbons (Fsp3) is 0.111. The van der Waals surface area contributed by atoms with Crippen molar-refractivity contribution in [2.45, 2.75) is 13.8 Å². The third-order valence-electron chi connectivity index (χ3n) is 3.28. The van der Waals surface area contributed by atoms with Gasteiger partial charge < -0.3 is 10.6 Å². The minimum atomic E-state index is -0.267. The number of nitrogens with zero attached hydrogens (tertiary/aromatic N) is 2. The van der Waals surface area contributed by atoms with Gasteiger partial charge in [0.15, 0.2) is 0 Å². The number of halogens is 1. The highest BCUT2D eigenvalue weighted by molar-refractivity contribution is 5.63. The van der Waals surface area contributed by atoms with Gasteiger partial charge in [-0.15, -0.1) is 0 Å². The topological polar surface area (TPSA) is 49.8 Å². The van der Waals surface area contributed by atoms with E-state index < -0.39 is 0 Å². The van der Waals surface area contributed by atoms with E-state index in [9.17, 15) is 4.39 Å². The maximum absolute atomic E-state index is 13.0. The zero-order valence-electron chi connectivity index (χ0n) is 13.0.